The predicted molar refractivity (Wildman–Crippen MR) is 77.0 cm³/mol. The normalized spacial score (nSPS) is 16.7. The van der Waals surface area contributed by atoms with E-state index in [0.717, 1.165) is 17.7 Å². The van der Waals surface area contributed by atoms with Crippen LogP contribution in [0.4, 0.5) is 11.5 Å². The summed E-state index contributed by atoms with van der Waals surface area (Å²) in [6.45, 7) is 3.63. The number of amides is 2. The number of anilines is 2. The van der Waals surface area contributed by atoms with Crippen LogP contribution in [0.3, 0.4) is 0 Å². The highest BCUT2D eigenvalue weighted by atomic mass is 16.5. The van der Waals surface area contributed by atoms with Crippen molar-refractivity contribution in [1.29, 1.82) is 0 Å². The van der Waals surface area contributed by atoms with Crippen LogP contribution in [-0.4, -0.2) is 23.0 Å². The molecule has 0 spiro atoms. The molecule has 3 rings (SSSR count). The average molecular weight is 285 g/mol. The monoisotopic (exact) mass is 285 g/mol. The molecule has 21 heavy (non-hydrogen) atoms. The molecule has 6 heteroatoms. The third kappa shape index (κ3) is 2.40. The van der Waals surface area contributed by atoms with Gasteiger partial charge in [-0.05, 0) is 31.9 Å². The smallest absolute Gasteiger partial charge is 0.316 e. The summed E-state index contributed by atoms with van der Waals surface area (Å²) in [5, 5.41) is 6.11. The van der Waals surface area contributed by atoms with Gasteiger partial charge in [0.2, 0.25) is 0 Å². The van der Waals surface area contributed by atoms with Gasteiger partial charge in [0.15, 0.2) is 5.82 Å². The summed E-state index contributed by atoms with van der Waals surface area (Å²) in [4.78, 5) is 26.0. The standard InChI is InChI=1S/C15H15N3O3/c1-9-7-11-5-3-4-6-12(11)18(9)15(20)14(19)16-13-8-10(2)21-17-13/h3-6,8-9H,7H2,1-2H3,(H,16,17,19). The number of benzene rings is 1. The Bertz CT molecular complexity index is 708. The number of nitrogens with zero attached hydrogens (tertiary/aromatic N) is 2. The summed E-state index contributed by atoms with van der Waals surface area (Å²) < 4.78 is 4.86. The van der Waals surface area contributed by atoms with Crippen LogP contribution >= 0.6 is 0 Å². The van der Waals surface area contributed by atoms with Gasteiger partial charge in [0.25, 0.3) is 0 Å². The highest BCUT2D eigenvalue weighted by molar-refractivity contribution is 6.44. The Balaban J connectivity index is 1.80. The van der Waals surface area contributed by atoms with Crippen molar-refractivity contribution in [2.75, 3.05) is 10.2 Å². The predicted octanol–water partition coefficient (Wildman–Crippen LogP) is 1.90. The van der Waals surface area contributed by atoms with Crippen LogP contribution in [0.2, 0.25) is 0 Å². The summed E-state index contributed by atoms with van der Waals surface area (Å²) in [6, 6.07) is 9.13. The molecule has 1 aromatic heterocycles. The van der Waals surface area contributed by atoms with E-state index >= 15 is 0 Å². The van der Waals surface area contributed by atoms with Gasteiger partial charge in [0.05, 0.1) is 0 Å². The number of hydrogen-bond donors (Lipinski definition) is 1. The van der Waals surface area contributed by atoms with Crippen molar-refractivity contribution in [2.45, 2.75) is 26.3 Å². The minimum Gasteiger partial charge on any atom is -0.360 e. The fourth-order valence-corrected chi connectivity index (χ4v) is 2.58. The number of carbonyl (C=O) groups excluding carboxylic acids is 2. The van der Waals surface area contributed by atoms with Gasteiger partial charge >= 0.3 is 11.8 Å². The van der Waals surface area contributed by atoms with Crippen LogP contribution in [0.15, 0.2) is 34.9 Å². The van der Waals surface area contributed by atoms with Crippen LogP contribution in [-0.2, 0) is 16.0 Å². The molecule has 1 aliphatic rings. The first-order valence-corrected chi connectivity index (χ1v) is 6.72. The highest BCUT2D eigenvalue weighted by Gasteiger charge is 2.34. The van der Waals surface area contributed by atoms with E-state index in [9.17, 15) is 9.59 Å². The first kappa shape index (κ1) is 13.4. The van der Waals surface area contributed by atoms with Crippen LogP contribution in [0.5, 0.6) is 0 Å². The number of carbonyl (C=O) groups is 2. The van der Waals surface area contributed by atoms with E-state index in [-0.39, 0.29) is 11.9 Å². The van der Waals surface area contributed by atoms with E-state index in [4.69, 9.17) is 4.52 Å². The topological polar surface area (TPSA) is 75.4 Å². The zero-order chi connectivity index (χ0) is 15.0. The van der Waals surface area contributed by atoms with Gasteiger partial charge in [0.1, 0.15) is 5.76 Å². The second kappa shape index (κ2) is 5.05. The van der Waals surface area contributed by atoms with E-state index in [0.29, 0.717) is 5.76 Å². The molecule has 1 aliphatic heterocycles. The first-order valence-electron chi connectivity index (χ1n) is 6.72. The van der Waals surface area contributed by atoms with Crippen molar-refractivity contribution in [3.05, 3.63) is 41.7 Å². The van der Waals surface area contributed by atoms with Crippen molar-refractivity contribution in [2.24, 2.45) is 0 Å². The van der Waals surface area contributed by atoms with E-state index in [1.54, 1.807) is 13.0 Å². The minimum absolute atomic E-state index is 0.0419. The molecule has 1 N–H and O–H groups in total. The molecule has 2 heterocycles. The maximum absolute atomic E-state index is 12.4. The Kier molecular flexibility index (Phi) is 3.21. The minimum atomic E-state index is -0.716. The molecule has 0 saturated carbocycles. The summed E-state index contributed by atoms with van der Waals surface area (Å²) in [7, 11) is 0. The Labute approximate surface area is 121 Å². The van der Waals surface area contributed by atoms with E-state index in [1.165, 1.54) is 4.90 Å². The lowest BCUT2D eigenvalue weighted by Gasteiger charge is -2.21. The summed E-state index contributed by atoms with van der Waals surface area (Å²) in [5.74, 6) is -0.497. The van der Waals surface area contributed by atoms with Crippen molar-refractivity contribution in [3.8, 4) is 0 Å². The number of para-hydroxylation sites is 1. The Morgan fingerprint density at radius 1 is 1.38 bits per heavy atom. The summed E-state index contributed by atoms with van der Waals surface area (Å²) in [6.07, 6.45) is 0.748. The van der Waals surface area contributed by atoms with Crippen molar-refractivity contribution in [1.82, 2.24) is 5.16 Å². The van der Waals surface area contributed by atoms with Gasteiger partial charge in [-0.1, -0.05) is 23.4 Å². The second-order valence-electron chi connectivity index (χ2n) is 5.13. The van der Waals surface area contributed by atoms with Gasteiger partial charge in [-0.15, -0.1) is 0 Å². The molecule has 2 amide bonds. The molecule has 1 unspecified atom stereocenters. The Hall–Kier alpha value is -2.63. The van der Waals surface area contributed by atoms with Crippen LogP contribution < -0.4 is 10.2 Å². The SMILES string of the molecule is Cc1cc(NC(=O)C(=O)N2c3ccccc3CC2C)no1. The molecular formula is C15H15N3O3. The number of aryl methyl sites for hydroxylation is 1. The Morgan fingerprint density at radius 2 is 2.14 bits per heavy atom. The second-order valence-corrected chi connectivity index (χ2v) is 5.13. The summed E-state index contributed by atoms with van der Waals surface area (Å²) in [5.41, 5.74) is 1.87. The molecule has 0 aliphatic carbocycles. The van der Waals surface area contributed by atoms with Gasteiger partial charge in [-0.25, -0.2) is 0 Å². The quantitative estimate of drug-likeness (QED) is 0.812. The molecule has 6 nitrogen and oxygen atoms in total. The lowest BCUT2D eigenvalue weighted by Crippen LogP contribution is -2.43. The highest BCUT2D eigenvalue weighted by Crippen LogP contribution is 2.31. The number of fused-ring (bicyclic) bond motifs is 1. The van der Waals surface area contributed by atoms with Gasteiger partial charge < -0.3 is 9.42 Å². The first-order chi connectivity index (χ1) is 10.1. The van der Waals surface area contributed by atoms with E-state index < -0.39 is 11.8 Å². The lowest BCUT2D eigenvalue weighted by atomic mass is 10.1. The van der Waals surface area contributed by atoms with Crippen LogP contribution in [0, 0.1) is 6.92 Å². The maximum atomic E-state index is 12.4. The van der Waals surface area contributed by atoms with E-state index in [2.05, 4.69) is 10.5 Å². The van der Waals surface area contributed by atoms with Crippen LogP contribution in [0.25, 0.3) is 0 Å². The summed E-state index contributed by atoms with van der Waals surface area (Å²) >= 11 is 0. The molecule has 2 aromatic rings. The number of hydrogen-bond acceptors (Lipinski definition) is 4. The fourth-order valence-electron chi connectivity index (χ4n) is 2.58. The average Bonchev–Trinajstić information content (AvgIpc) is 3.00. The Morgan fingerprint density at radius 3 is 2.86 bits per heavy atom. The fraction of sp³-hybridized carbons (Fsp3) is 0.267. The van der Waals surface area contributed by atoms with Crippen molar-refractivity contribution < 1.29 is 14.1 Å². The molecule has 0 bridgehead atoms. The third-order valence-corrected chi connectivity index (χ3v) is 3.49. The third-order valence-electron chi connectivity index (χ3n) is 3.49. The molecular weight excluding hydrogens is 270 g/mol. The zero-order valence-electron chi connectivity index (χ0n) is 11.8. The number of rotatable bonds is 1. The molecule has 0 saturated heterocycles. The van der Waals surface area contributed by atoms with Crippen LogP contribution in [0.1, 0.15) is 18.2 Å². The van der Waals surface area contributed by atoms with Gasteiger partial charge in [0, 0.05) is 17.8 Å². The number of aromatic nitrogens is 1. The zero-order valence-corrected chi connectivity index (χ0v) is 11.8. The molecule has 1 aromatic carbocycles. The van der Waals surface area contributed by atoms with Gasteiger partial charge in [-0.3, -0.25) is 14.9 Å². The largest absolute Gasteiger partial charge is 0.360 e. The lowest BCUT2D eigenvalue weighted by molar-refractivity contribution is -0.134. The van der Waals surface area contributed by atoms with Crippen molar-refractivity contribution >= 4 is 23.3 Å². The van der Waals surface area contributed by atoms with Crippen molar-refractivity contribution in [3.63, 3.8) is 0 Å². The van der Waals surface area contributed by atoms with Gasteiger partial charge in [-0.2, -0.15) is 0 Å². The molecule has 0 radical (unpaired) electrons. The maximum Gasteiger partial charge on any atom is 0.316 e. The molecule has 108 valence electrons. The number of nitrogens with one attached hydrogen (secondary N) is 1. The van der Waals surface area contributed by atoms with E-state index in [1.807, 2.05) is 31.2 Å². The molecule has 0 fully saturated rings. The molecule has 1 atom stereocenters.